The SMILES string of the molecule is CC(=NOc1cc(NC(N)=S)cc([N+](=O)[O-])c1)c1ccc(C)cc1. The molecular weight excluding hydrogens is 328 g/mol. The lowest BCUT2D eigenvalue weighted by atomic mass is 10.1. The first-order valence-corrected chi connectivity index (χ1v) is 7.40. The molecule has 3 N–H and O–H groups in total. The molecule has 0 bridgehead atoms. The van der Waals surface area contributed by atoms with E-state index in [1.54, 1.807) is 6.92 Å². The van der Waals surface area contributed by atoms with Gasteiger partial charge in [0.2, 0.25) is 0 Å². The summed E-state index contributed by atoms with van der Waals surface area (Å²) in [5.74, 6) is 0.203. The minimum absolute atomic E-state index is 0.000727. The molecule has 2 rings (SSSR count). The predicted molar refractivity (Wildman–Crippen MR) is 97.5 cm³/mol. The first-order chi connectivity index (χ1) is 11.3. The number of hydrogen-bond donors (Lipinski definition) is 2. The summed E-state index contributed by atoms with van der Waals surface area (Å²) >= 11 is 4.74. The topological polar surface area (TPSA) is 103 Å². The number of non-ortho nitro benzene ring substituents is 1. The average molecular weight is 344 g/mol. The smallest absolute Gasteiger partial charge is 0.275 e. The summed E-state index contributed by atoms with van der Waals surface area (Å²) in [4.78, 5) is 15.8. The van der Waals surface area contributed by atoms with Crippen LogP contribution in [0.3, 0.4) is 0 Å². The predicted octanol–water partition coefficient (Wildman–Crippen LogP) is 3.36. The van der Waals surface area contributed by atoms with Gasteiger partial charge in [-0.2, -0.15) is 0 Å². The fourth-order valence-electron chi connectivity index (χ4n) is 1.92. The molecule has 0 unspecified atom stereocenters. The van der Waals surface area contributed by atoms with Gasteiger partial charge >= 0.3 is 0 Å². The van der Waals surface area contributed by atoms with Crippen molar-refractivity contribution in [1.29, 1.82) is 0 Å². The second kappa shape index (κ2) is 7.51. The third-order valence-corrected chi connectivity index (χ3v) is 3.23. The quantitative estimate of drug-likeness (QED) is 0.373. The first-order valence-electron chi connectivity index (χ1n) is 7.00. The lowest BCUT2D eigenvalue weighted by Gasteiger charge is -2.07. The van der Waals surface area contributed by atoms with Gasteiger partial charge in [-0.05, 0) is 31.6 Å². The molecule has 0 saturated heterocycles. The van der Waals surface area contributed by atoms with Crippen molar-refractivity contribution in [3.05, 3.63) is 63.7 Å². The van der Waals surface area contributed by atoms with Crippen LogP contribution in [0.5, 0.6) is 5.75 Å². The lowest BCUT2D eigenvalue weighted by Crippen LogP contribution is -2.18. The number of thiocarbonyl (C=S) groups is 1. The van der Waals surface area contributed by atoms with E-state index in [1.807, 2.05) is 31.2 Å². The fourth-order valence-corrected chi connectivity index (χ4v) is 2.04. The third-order valence-electron chi connectivity index (χ3n) is 3.13. The van der Waals surface area contributed by atoms with Gasteiger partial charge in [-0.15, -0.1) is 0 Å². The summed E-state index contributed by atoms with van der Waals surface area (Å²) in [7, 11) is 0. The maximum Gasteiger partial charge on any atom is 0.275 e. The average Bonchev–Trinajstić information content (AvgIpc) is 2.52. The molecule has 0 saturated carbocycles. The van der Waals surface area contributed by atoms with Crippen LogP contribution in [0.4, 0.5) is 11.4 Å². The number of nitrogens with one attached hydrogen (secondary N) is 1. The van der Waals surface area contributed by atoms with E-state index in [-0.39, 0.29) is 16.5 Å². The molecule has 0 atom stereocenters. The van der Waals surface area contributed by atoms with E-state index in [4.69, 9.17) is 22.8 Å². The Morgan fingerprint density at radius 2 is 1.96 bits per heavy atom. The van der Waals surface area contributed by atoms with Gasteiger partial charge in [0.05, 0.1) is 22.4 Å². The highest BCUT2D eigenvalue weighted by Crippen LogP contribution is 2.26. The van der Waals surface area contributed by atoms with Crippen LogP contribution in [0.2, 0.25) is 0 Å². The third kappa shape index (κ3) is 4.75. The van der Waals surface area contributed by atoms with E-state index in [0.717, 1.165) is 11.1 Å². The summed E-state index contributed by atoms with van der Waals surface area (Å²) in [6.07, 6.45) is 0. The van der Waals surface area contributed by atoms with Gasteiger partial charge in [-0.25, -0.2) is 0 Å². The van der Waals surface area contributed by atoms with Crippen LogP contribution >= 0.6 is 12.2 Å². The van der Waals surface area contributed by atoms with Gasteiger partial charge in [0.1, 0.15) is 0 Å². The summed E-state index contributed by atoms with van der Waals surface area (Å²) in [5, 5.41) is 17.7. The Labute approximate surface area is 144 Å². The number of aryl methyl sites for hydroxylation is 1. The summed E-state index contributed by atoms with van der Waals surface area (Å²) in [5.41, 5.74) is 8.27. The summed E-state index contributed by atoms with van der Waals surface area (Å²) in [6, 6.07) is 11.9. The van der Waals surface area contributed by atoms with E-state index in [0.29, 0.717) is 11.4 Å². The number of rotatable bonds is 5. The van der Waals surface area contributed by atoms with Crippen molar-refractivity contribution >= 4 is 34.4 Å². The van der Waals surface area contributed by atoms with Crippen molar-refractivity contribution in [2.75, 3.05) is 5.32 Å². The molecule has 0 aliphatic rings. The Hall–Kier alpha value is -3.00. The maximum absolute atomic E-state index is 11.0. The number of nitrogens with zero attached hydrogens (tertiary/aromatic N) is 2. The van der Waals surface area contributed by atoms with Crippen molar-refractivity contribution < 1.29 is 9.76 Å². The molecule has 0 spiro atoms. The molecule has 2 aromatic carbocycles. The van der Waals surface area contributed by atoms with E-state index in [2.05, 4.69) is 10.5 Å². The van der Waals surface area contributed by atoms with Crippen LogP contribution in [-0.2, 0) is 0 Å². The van der Waals surface area contributed by atoms with Crippen LogP contribution in [0.15, 0.2) is 47.6 Å². The van der Waals surface area contributed by atoms with Gasteiger partial charge in [-0.3, -0.25) is 10.1 Å². The highest BCUT2D eigenvalue weighted by atomic mass is 32.1. The second-order valence-electron chi connectivity index (χ2n) is 5.10. The van der Waals surface area contributed by atoms with Crippen LogP contribution < -0.4 is 15.9 Å². The van der Waals surface area contributed by atoms with Gasteiger partial charge in [0.15, 0.2) is 10.9 Å². The number of nitro benzene ring substituents is 1. The van der Waals surface area contributed by atoms with E-state index < -0.39 is 4.92 Å². The summed E-state index contributed by atoms with van der Waals surface area (Å²) in [6.45, 7) is 3.78. The molecule has 0 amide bonds. The van der Waals surface area contributed by atoms with Crippen LogP contribution in [-0.4, -0.2) is 15.7 Å². The molecule has 0 radical (unpaired) electrons. The normalized spacial score (nSPS) is 11.0. The second-order valence-corrected chi connectivity index (χ2v) is 5.54. The Bertz CT molecular complexity index is 803. The molecule has 0 aliphatic carbocycles. The molecule has 0 fully saturated rings. The summed E-state index contributed by atoms with van der Waals surface area (Å²) < 4.78 is 0. The van der Waals surface area contributed by atoms with Crippen LogP contribution in [0.25, 0.3) is 0 Å². The highest BCUT2D eigenvalue weighted by Gasteiger charge is 2.11. The number of benzene rings is 2. The van der Waals surface area contributed by atoms with E-state index in [9.17, 15) is 10.1 Å². The molecule has 0 aromatic heterocycles. The maximum atomic E-state index is 11.0. The molecule has 0 aliphatic heterocycles. The van der Waals surface area contributed by atoms with Gasteiger partial charge in [0.25, 0.3) is 5.69 Å². The van der Waals surface area contributed by atoms with Crippen molar-refractivity contribution in [3.8, 4) is 5.75 Å². The molecule has 2 aromatic rings. The van der Waals surface area contributed by atoms with Crippen LogP contribution in [0, 0.1) is 17.0 Å². The number of nitro groups is 1. The fraction of sp³-hybridized carbons (Fsp3) is 0.125. The number of anilines is 1. The van der Waals surface area contributed by atoms with Gasteiger partial charge in [0, 0.05) is 12.1 Å². The number of oxime groups is 1. The van der Waals surface area contributed by atoms with E-state index in [1.165, 1.54) is 18.2 Å². The molecular formula is C16H16N4O3S. The molecule has 7 nitrogen and oxygen atoms in total. The van der Waals surface area contributed by atoms with Crippen LogP contribution in [0.1, 0.15) is 18.1 Å². The number of nitrogens with two attached hydrogens (primary N) is 1. The van der Waals surface area contributed by atoms with Crippen molar-refractivity contribution in [2.24, 2.45) is 10.9 Å². The van der Waals surface area contributed by atoms with Gasteiger partial charge in [-0.1, -0.05) is 35.0 Å². The van der Waals surface area contributed by atoms with Crippen molar-refractivity contribution in [3.63, 3.8) is 0 Å². The van der Waals surface area contributed by atoms with Gasteiger partial charge < -0.3 is 15.9 Å². The minimum atomic E-state index is -0.534. The zero-order chi connectivity index (χ0) is 17.7. The Kier molecular flexibility index (Phi) is 5.43. The largest absolute Gasteiger partial charge is 0.376 e. The molecule has 8 heteroatoms. The molecule has 24 heavy (non-hydrogen) atoms. The minimum Gasteiger partial charge on any atom is -0.376 e. The number of hydrogen-bond acceptors (Lipinski definition) is 5. The monoisotopic (exact) mass is 344 g/mol. The standard InChI is InChI=1S/C16H16N4O3S/c1-10-3-5-12(6-4-10)11(2)19-23-15-8-13(18-16(17)24)7-14(9-15)20(21)22/h3-9H,1-2H3,(H3,17,18,24). The van der Waals surface area contributed by atoms with E-state index >= 15 is 0 Å². The molecule has 0 heterocycles. The van der Waals surface area contributed by atoms with Crippen molar-refractivity contribution in [2.45, 2.75) is 13.8 Å². The zero-order valence-electron chi connectivity index (χ0n) is 13.1. The first kappa shape index (κ1) is 17.4. The molecule has 124 valence electrons. The highest BCUT2D eigenvalue weighted by molar-refractivity contribution is 7.80. The zero-order valence-corrected chi connectivity index (χ0v) is 14.0. The van der Waals surface area contributed by atoms with Crippen molar-refractivity contribution in [1.82, 2.24) is 0 Å². The Morgan fingerprint density at radius 3 is 2.54 bits per heavy atom. The Morgan fingerprint density at radius 1 is 1.29 bits per heavy atom. The Balaban J connectivity index is 2.25. The lowest BCUT2D eigenvalue weighted by molar-refractivity contribution is -0.384.